The van der Waals surface area contributed by atoms with Crippen LogP contribution in [0.4, 0.5) is 0 Å². The van der Waals surface area contributed by atoms with E-state index in [0.29, 0.717) is 41.5 Å². The Morgan fingerprint density at radius 2 is 1.61 bits per heavy atom. The number of piperidine rings is 1. The molecule has 7 nitrogen and oxygen atoms in total. The lowest BCUT2D eigenvalue weighted by Crippen LogP contribution is -2.56. The molecule has 1 aliphatic heterocycles. The van der Waals surface area contributed by atoms with E-state index in [4.69, 9.17) is 18.9 Å². The summed E-state index contributed by atoms with van der Waals surface area (Å²) in [6, 6.07) is 10.5. The van der Waals surface area contributed by atoms with Crippen LogP contribution in [0, 0.1) is 5.92 Å². The van der Waals surface area contributed by atoms with Crippen molar-refractivity contribution >= 4 is 5.91 Å². The third-order valence-corrected chi connectivity index (χ3v) is 7.22. The van der Waals surface area contributed by atoms with Crippen molar-refractivity contribution in [2.75, 3.05) is 35.0 Å². The van der Waals surface area contributed by atoms with Gasteiger partial charge < -0.3 is 29.0 Å². The van der Waals surface area contributed by atoms with Crippen LogP contribution < -0.4 is 18.9 Å². The second-order valence-corrected chi connectivity index (χ2v) is 8.82. The predicted octanol–water partition coefficient (Wildman–Crippen LogP) is 4.23. The van der Waals surface area contributed by atoms with Gasteiger partial charge in [-0.05, 0) is 49.6 Å². The molecule has 2 aliphatic rings. The van der Waals surface area contributed by atoms with Gasteiger partial charge in [-0.1, -0.05) is 12.8 Å². The number of hydrogen-bond acceptors (Lipinski definition) is 6. The Kier molecular flexibility index (Phi) is 6.70. The Bertz CT molecular complexity index is 1010. The van der Waals surface area contributed by atoms with Gasteiger partial charge in [-0.25, -0.2) is 0 Å². The third kappa shape index (κ3) is 4.22. The Balaban J connectivity index is 1.83. The highest BCUT2D eigenvalue weighted by Gasteiger charge is 2.51. The van der Waals surface area contributed by atoms with Crippen molar-refractivity contribution in [1.82, 2.24) is 4.90 Å². The monoisotopic (exact) mass is 455 g/mol. The molecule has 0 radical (unpaired) electrons. The fourth-order valence-corrected chi connectivity index (χ4v) is 5.49. The maximum absolute atomic E-state index is 13.9. The summed E-state index contributed by atoms with van der Waals surface area (Å²) in [7, 11) is 6.37. The minimum Gasteiger partial charge on any atom is -0.497 e. The highest BCUT2D eigenvalue weighted by Crippen LogP contribution is 2.52. The minimum absolute atomic E-state index is 0.103. The van der Waals surface area contributed by atoms with Crippen molar-refractivity contribution in [3.8, 4) is 23.0 Å². The van der Waals surface area contributed by atoms with E-state index in [9.17, 15) is 9.90 Å². The standard InChI is InChI=1S/C26H33NO6/c1-30-17-9-11-22(32-3)20(15-17)24-21-7-5-6-12-26(21,29)13-14-27(24)25(28)19-10-8-18(31-2)16-23(19)33-4/h8-11,15-16,21,24,29H,5-7,12-14H2,1-4H3. The SMILES string of the molecule is COc1ccc(C(=O)N2CCC3(O)CCCCC3C2c2cc(OC)ccc2OC)c(OC)c1. The van der Waals surface area contributed by atoms with Crippen molar-refractivity contribution < 1.29 is 28.8 Å². The topological polar surface area (TPSA) is 77.5 Å². The highest BCUT2D eigenvalue weighted by atomic mass is 16.5. The predicted molar refractivity (Wildman–Crippen MR) is 124 cm³/mol. The Hall–Kier alpha value is -2.93. The van der Waals surface area contributed by atoms with Crippen molar-refractivity contribution in [2.45, 2.75) is 43.7 Å². The summed E-state index contributed by atoms with van der Waals surface area (Å²) in [6.07, 6.45) is 4.14. The number of rotatable bonds is 6. The zero-order valence-electron chi connectivity index (χ0n) is 19.8. The lowest BCUT2D eigenvalue weighted by atomic mass is 9.66. The largest absolute Gasteiger partial charge is 0.497 e. The molecule has 2 fully saturated rings. The molecule has 4 rings (SSSR count). The number of likely N-dealkylation sites (tertiary alicyclic amines) is 1. The number of benzene rings is 2. The molecule has 178 valence electrons. The first kappa shape index (κ1) is 23.2. The molecule has 1 heterocycles. The number of aliphatic hydroxyl groups is 1. The van der Waals surface area contributed by atoms with Crippen molar-refractivity contribution in [2.24, 2.45) is 5.92 Å². The first-order valence-corrected chi connectivity index (χ1v) is 11.4. The molecule has 3 unspecified atom stereocenters. The summed E-state index contributed by atoms with van der Waals surface area (Å²) in [5.74, 6) is 2.20. The Morgan fingerprint density at radius 1 is 0.909 bits per heavy atom. The molecule has 1 saturated carbocycles. The molecule has 1 amide bonds. The molecule has 1 N–H and O–H groups in total. The van der Waals surface area contributed by atoms with Crippen LogP contribution in [0.3, 0.4) is 0 Å². The molecular weight excluding hydrogens is 422 g/mol. The number of amides is 1. The van der Waals surface area contributed by atoms with E-state index in [-0.39, 0.29) is 17.9 Å². The van der Waals surface area contributed by atoms with Crippen molar-refractivity contribution in [1.29, 1.82) is 0 Å². The summed E-state index contributed by atoms with van der Waals surface area (Å²) in [4.78, 5) is 15.8. The number of nitrogens with zero attached hydrogens (tertiary/aromatic N) is 1. The van der Waals surface area contributed by atoms with Crippen LogP contribution in [0.5, 0.6) is 23.0 Å². The average Bonchev–Trinajstić information content (AvgIpc) is 2.86. The van der Waals surface area contributed by atoms with Gasteiger partial charge in [0.25, 0.3) is 5.91 Å². The van der Waals surface area contributed by atoms with Gasteiger partial charge in [-0.2, -0.15) is 0 Å². The number of carbonyl (C=O) groups excluding carboxylic acids is 1. The zero-order valence-corrected chi connectivity index (χ0v) is 19.8. The molecular formula is C26H33NO6. The van der Waals surface area contributed by atoms with Gasteiger partial charge in [-0.3, -0.25) is 4.79 Å². The smallest absolute Gasteiger partial charge is 0.258 e. The Morgan fingerprint density at radius 3 is 2.30 bits per heavy atom. The highest BCUT2D eigenvalue weighted by molar-refractivity contribution is 5.97. The van der Waals surface area contributed by atoms with Gasteiger partial charge in [0.2, 0.25) is 0 Å². The van der Waals surface area contributed by atoms with Crippen molar-refractivity contribution in [3.63, 3.8) is 0 Å². The van der Waals surface area contributed by atoms with Gasteiger partial charge in [0.05, 0.1) is 45.6 Å². The average molecular weight is 456 g/mol. The number of ether oxygens (including phenoxy) is 4. The molecule has 2 aromatic rings. The maximum atomic E-state index is 13.9. The molecule has 0 aromatic heterocycles. The first-order chi connectivity index (χ1) is 16.0. The maximum Gasteiger partial charge on any atom is 0.258 e. The van der Waals surface area contributed by atoms with E-state index < -0.39 is 5.60 Å². The molecule has 0 bridgehead atoms. The number of methoxy groups -OCH3 is 4. The lowest BCUT2D eigenvalue weighted by Gasteiger charge is -2.52. The Labute approximate surface area is 195 Å². The van der Waals surface area contributed by atoms with E-state index in [1.54, 1.807) is 46.6 Å². The van der Waals surface area contributed by atoms with Crippen LogP contribution in [-0.2, 0) is 0 Å². The summed E-state index contributed by atoms with van der Waals surface area (Å²) in [6.45, 7) is 0.437. The van der Waals surface area contributed by atoms with Gasteiger partial charge in [0, 0.05) is 24.1 Å². The zero-order chi connectivity index (χ0) is 23.6. The van der Waals surface area contributed by atoms with E-state index >= 15 is 0 Å². The van der Waals surface area contributed by atoms with Crippen LogP contribution in [0.1, 0.15) is 54.1 Å². The minimum atomic E-state index is -0.808. The van der Waals surface area contributed by atoms with E-state index in [0.717, 1.165) is 31.2 Å². The quantitative estimate of drug-likeness (QED) is 0.703. The third-order valence-electron chi connectivity index (χ3n) is 7.22. The molecule has 1 aliphatic carbocycles. The molecule has 1 saturated heterocycles. The van der Waals surface area contributed by atoms with Crippen LogP contribution in [-0.4, -0.2) is 56.5 Å². The van der Waals surface area contributed by atoms with Gasteiger partial charge in [0.1, 0.15) is 23.0 Å². The summed E-state index contributed by atoms with van der Waals surface area (Å²) >= 11 is 0. The second kappa shape index (κ2) is 9.51. The molecule has 0 spiro atoms. The summed E-state index contributed by atoms with van der Waals surface area (Å²) in [5.41, 5.74) is 0.506. The van der Waals surface area contributed by atoms with Gasteiger partial charge in [0.15, 0.2) is 0 Å². The van der Waals surface area contributed by atoms with Crippen molar-refractivity contribution in [3.05, 3.63) is 47.5 Å². The molecule has 33 heavy (non-hydrogen) atoms. The van der Waals surface area contributed by atoms with Crippen LogP contribution >= 0.6 is 0 Å². The lowest BCUT2D eigenvalue weighted by molar-refractivity contribution is -0.115. The molecule has 3 atom stereocenters. The molecule has 2 aromatic carbocycles. The van der Waals surface area contributed by atoms with E-state index in [2.05, 4.69) is 0 Å². The van der Waals surface area contributed by atoms with Crippen LogP contribution in [0.25, 0.3) is 0 Å². The first-order valence-electron chi connectivity index (χ1n) is 11.4. The number of hydrogen-bond donors (Lipinski definition) is 1. The summed E-state index contributed by atoms with van der Waals surface area (Å²) in [5, 5.41) is 11.6. The normalized spacial score (nSPS) is 24.6. The fraction of sp³-hybridized carbons (Fsp3) is 0.500. The van der Waals surface area contributed by atoms with Gasteiger partial charge >= 0.3 is 0 Å². The van der Waals surface area contributed by atoms with E-state index in [1.807, 2.05) is 23.1 Å². The van der Waals surface area contributed by atoms with Crippen LogP contribution in [0.2, 0.25) is 0 Å². The van der Waals surface area contributed by atoms with E-state index in [1.165, 1.54) is 0 Å². The van der Waals surface area contributed by atoms with Crippen LogP contribution in [0.15, 0.2) is 36.4 Å². The summed E-state index contributed by atoms with van der Waals surface area (Å²) < 4.78 is 22.0. The van der Waals surface area contributed by atoms with Gasteiger partial charge in [-0.15, -0.1) is 0 Å². The second-order valence-electron chi connectivity index (χ2n) is 8.82. The molecule has 7 heteroatoms. The number of carbonyl (C=O) groups is 1. The fourth-order valence-electron chi connectivity index (χ4n) is 5.49. The number of fused-ring (bicyclic) bond motifs is 1.